The molecule has 0 saturated heterocycles. The molecule has 2 aliphatic rings. The Morgan fingerprint density at radius 2 is 1.50 bits per heavy atom. The highest BCUT2D eigenvalue weighted by Crippen LogP contribution is 2.49. The quantitative estimate of drug-likeness (QED) is 0.612. The average molecular weight is 451 g/mol. The first-order valence-corrected chi connectivity index (χ1v) is 12.3. The van der Waals surface area contributed by atoms with Crippen molar-refractivity contribution in [3.63, 3.8) is 0 Å². The van der Waals surface area contributed by atoms with Gasteiger partial charge in [0.2, 0.25) is 10.0 Å². The maximum absolute atomic E-state index is 13.0. The molecule has 1 aliphatic carbocycles. The molecule has 166 valence electrons. The number of nitrogens with zero attached hydrogens (tertiary/aromatic N) is 1. The average Bonchev–Trinajstić information content (AvgIpc) is 2.79. The molecule has 3 atom stereocenters. The number of benzene rings is 3. The molecule has 1 fully saturated rings. The van der Waals surface area contributed by atoms with Gasteiger partial charge in [0.15, 0.2) is 11.5 Å². The minimum absolute atomic E-state index is 0.208. The van der Waals surface area contributed by atoms with E-state index in [9.17, 15) is 13.5 Å². The Bertz CT molecular complexity index is 1180. The van der Waals surface area contributed by atoms with Crippen LogP contribution in [0.5, 0.6) is 11.5 Å². The normalized spacial score (nSPS) is 22.6. The Morgan fingerprint density at radius 3 is 2.12 bits per heavy atom. The van der Waals surface area contributed by atoms with Gasteiger partial charge in [-0.1, -0.05) is 42.0 Å². The van der Waals surface area contributed by atoms with E-state index in [-0.39, 0.29) is 10.9 Å². The second-order valence-electron chi connectivity index (χ2n) is 8.44. The monoisotopic (exact) mass is 450 g/mol. The number of sulfonamides is 1. The van der Waals surface area contributed by atoms with Crippen molar-refractivity contribution in [3.8, 4) is 11.5 Å². The summed E-state index contributed by atoms with van der Waals surface area (Å²) in [5.74, 6) is 1.45. The zero-order chi connectivity index (χ0) is 22.3. The molecule has 32 heavy (non-hydrogen) atoms. The van der Waals surface area contributed by atoms with Gasteiger partial charge in [-0.15, -0.1) is 0 Å². The lowest BCUT2D eigenvalue weighted by Crippen LogP contribution is -2.56. The summed E-state index contributed by atoms with van der Waals surface area (Å²) in [7, 11) is -3.74. The molecule has 0 bridgehead atoms. The number of ether oxygens (including phenoxy) is 1. The summed E-state index contributed by atoms with van der Waals surface area (Å²) < 4.78 is 34.8. The Hall–Kier alpha value is -2.87. The van der Waals surface area contributed by atoms with Crippen molar-refractivity contribution >= 4 is 21.4 Å². The van der Waals surface area contributed by atoms with Gasteiger partial charge in [-0.25, -0.2) is 13.1 Å². The molecule has 1 aliphatic heterocycles. The molecule has 1 saturated carbocycles. The predicted octanol–water partition coefficient (Wildman–Crippen LogP) is 4.50. The van der Waals surface area contributed by atoms with Gasteiger partial charge in [-0.3, -0.25) is 0 Å². The number of aliphatic hydroxyl groups is 1. The fraction of sp³-hybridized carbons (Fsp3) is 0.280. The SMILES string of the molecule is Cc1ccc(S(=O)(=O)N[C@@H]2CCCC(N3c4ccccc4Oc4ccccc43)[C@H]2O)cc1. The van der Waals surface area contributed by atoms with E-state index in [0.717, 1.165) is 41.3 Å². The topological polar surface area (TPSA) is 78.9 Å². The minimum Gasteiger partial charge on any atom is -0.453 e. The number of rotatable bonds is 4. The van der Waals surface area contributed by atoms with Gasteiger partial charge in [0, 0.05) is 0 Å². The van der Waals surface area contributed by atoms with Crippen LogP contribution in [0.4, 0.5) is 11.4 Å². The molecular formula is C25H26N2O4S. The van der Waals surface area contributed by atoms with Crippen molar-refractivity contribution in [1.29, 1.82) is 0 Å². The van der Waals surface area contributed by atoms with E-state index in [4.69, 9.17) is 4.74 Å². The van der Waals surface area contributed by atoms with E-state index in [2.05, 4.69) is 9.62 Å². The molecule has 0 aromatic heterocycles. The number of aliphatic hydroxyl groups excluding tert-OH is 1. The largest absolute Gasteiger partial charge is 0.453 e. The maximum Gasteiger partial charge on any atom is 0.240 e. The molecule has 7 heteroatoms. The van der Waals surface area contributed by atoms with Gasteiger partial charge >= 0.3 is 0 Å². The van der Waals surface area contributed by atoms with Gasteiger partial charge in [0.05, 0.1) is 34.5 Å². The van der Waals surface area contributed by atoms with Crippen molar-refractivity contribution < 1.29 is 18.3 Å². The molecule has 1 heterocycles. The standard InChI is InChI=1S/C25H26N2O4S/c1-17-13-15-18(16-14-17)32(29,30)26-19-7-6-10-22(25(19)28)27-20-8-2-4-11-23(20)31-24-12-5-3-9-21(24)27/h2-5,8-9,11-16,19,22,25-26,28H,6-7,10H2,1H3/t19-,22?,25+/m1/s1. The zero-order valence-corrected chi connectivity index (χ0v) is 18.6. The van der Waals surface area contributed by atoms with Gasteiger partial charge < -0.3 is 14.7 Å². The second kappa shape index (κ2) is 8.24. The summed E-state index contributed by atoms with van der Waals surface area (Å²) >= 11 is 0. The van der Waals surface area contributed by atoms with Crippen molar-refractivity contribution in [2.45, 2.75) is 49.3 Å². The van der Waals surface area contributed by atoms with Crippen LogP contribution in [-0.4, -0.2) is 31.7 Å². The lowest BCUT2D eigenvalue weighted by atomic mass is 9.86. The summed E-state index contributed by atoms with van der Waals surface area (Å²) in [6.07, 6.45) is 1.23. The Morgan fingerprint density at radius 1 is 0.906 bits per heavy atom. The minimum atomic E-state index is -3.74. The van der Waals surface area contributed by atoms with Crippen LogP contribution >= 0.6 is 0 Å². The number of hydrogen-bond donors (Lipinski definition) is 2. The number of nitrogens with one attached hydrogen (secondary N) is 1. The summed E-state index contributed by atoms with van der Waals surface area (Å²) in [6, 6.07) is 21.3. The highest BCUT2D eigenvalue weighted by Gasteiger charge is 2.41. The fourth-order valence-electron chi connectivity index (χ4n) is 4.64. The maximum atomic E-state index is 13.0. The molecule has 0 amide bonds. The lowest BCUT2D eigenvalue weighted by Gasteiger charge is -2.44. The molecule has 3 aromatic rings. The van der Waals surface area contributed by atoms with E-state index in [1.807, 2.05) is 55.5 Å². The summed E-state index contributed by atoms with van der Waals surface area (Å²) in [5, 5.41) is 11.4. The van der Waals surface area contributed by atoms with Crippen molar-refractivity contribution in [3.05, 3.63) is 78.4 Å². The molecule has 0 spiro atoms. The van der Waals surface area contributed by atoms with Crippen LogP contribution in [0.25, 0.3) is 0 Å². The van der Waals surface area contributed by atoms with Crippen LogP contribution in [0, 0.1) is 6.92 Å². The van der Waals surface area contributed by atoms with Crippen LogP contribution in [0.15, 0.2) is 77.7 Å². The summed E-state index contributed by atoms with van der Waals surface area (Å²) in [4.78, 5) is 2.31. The second-order valence-corrected chi connectivity index (χ2v) is 10.2. The molecule has 0 radical (unpaired) electrons. The lowest BCUT2D eigenvalue weighted by molar-refractivity contribution is 0.0807. The Kier molecular flexibility index (Phi) is 5.41. The third-order valence-electron chi connectivity index (χ3n) is 6.26. The first kappa shape index (κ1) is 21.0. The zero-order valence-electron chi connectivity index (χ0n) is 17.8. The Balaban J connectivity index is 1.46. The first-order chi connectivity index (χ1) is 15.4. The van der Waals surface area contributed by atoms with E-state index >= 15 is 0 Å². The van der Waals surface area contributed by atoms with Crippen LogP contribution in [0.1, 0.15) is 24.8 Å². The first-order valence-electron chi connectivity index (χ1n) is 10.9. The summed E-state index contributed by atoms with van der Waals surface area (Å²) in [6.45, 7) is 1.91. The van der Waals surface area contributed by atoms with Crippen LogP contribution in [0.3, 0.4) is 0 Å². The molecule has 3 aromatic carbocycles. The molecule has 2 N–H and O–H groups in total. The molecule has 5 rings (SSSR count). The highest BCUT2D eigenvalue weighted by molar-refractivity contribution is 7.89. The van der Waals surface area contributed by atoms with E-state index in [0.29, 0.717) is 6.42 Å². The van der Waals surface area contributed by atoms with Crippen LogP contribution in [-0.2, 0) is 10.0 Å². The number of aryl methyl sites for hydroxylation is 1. The molecule has 1 unspecified atom stereocenters. The van der Waals surface area contributed by atoms with E-state index < -0.39 is 22.2 Å². The van der Waals surface area contributed by atoms with Crippen molar-refractivity contribution in [2.24, 2.45) is 0 Å². The van der Waals surface area contributed by atoms with Gasteiger partial charge in [0.25, 0.3) is 0 Å². The Labute approximate surface area is 188 Å². The number of para-hydroxylation sites is 4. The van der Waals surface area contributed by atoms with Gasteiger partial charge in [-0.05, 0) is 62.6 Å². The molecular weight excluding hydrogens is 424 g/mol. The smallest absolute Gasteiger partial charge is 0.240 e. The number of anilines is 2. The van der Waals surface area contributed by atoms with E-state index in [1.54, 1.807) is 24.3 Å². The number of hydrogen-bond acceptors (Lipinski definition) is 5. The third kappa shape index (κ3) is 3.77. The predicted molar refractivity (Wildman–Crippen MR) is 124 cm³/mol. The van der Waals surface area contributed by atoms with Crippen LogP contribution in [0.2, 0.25) is 0 Å². The van der Waals surface area contributed by atoms with Crippen molar-refractivity contribution in [2.75, 3.05) is 4.90 Å². The van der Waals surface area contributed by atoms with Crippen molar-refractivity contribution in [1.82, 2.24) is 4.72 Å². The third-order valence-corrected chi connectivity index (χ3v) is 7.77. The van der Waals surface area contributed by atoms with E-state index in [1.165, 1.54) is 0 Å². The highest BCUT2D eigenvalue weighted by atomic mass is 32.2. The molecule has 6 nitrogen and oxygen atoms in total. The van der Waals surface area contributed by atoms with Gasteiger partial charge in [0.1, 0.15) is 0 Å². The number of fused-ring (bicyclic) bond motifs is 2. The van der Waals surface area contributed by atoms with Crippen LogP contribution < -0.4 is 14.4 Å². The fourth-order valence-corrected chi connectivity index (χ4v) is 5.93. The van der Waals surface area contributed by atoms with Gasteiger partial charge in [-0.2, -0.15) is 0 Å². The summed E-state index contributed by atoms with van der Waals surface area (Å²) in [5.41, 5.74) is 2.74.